The fourth-order valence-corrected chi connectivity index (χ4v) is 3.52. The van der Waals surface area contributed by atoms with Crippen molar-refractivity contribution in [3.8, 4) is 11.5 Å². The molecule has 7 nitrogen and oxygen atoms in total. The lowest BCUT2D eigenvalue weighted by Gasteiger charge is -2.34. The molecule has 1 heterocycles. The molecule has 2 N–H and O–H groups in total. The van der Waals surface area contributed by atoms with E-state index < -0.39 is 0 Å². The topological polar surface area (TPSA) is 67.4 Å². The lowest BCUT2D eigenvalue weighted by atomic mass is 10.0. The Bertz CT molecular complexity index is 784. The standard InChI is InChI=1S/C24H34N4O3.HI/c1-3-25-24(26-13-16-31-22-7-5-4-6-8-22)27-19-23(28-14-17-30-18-15-28)20-9-11-21(29-2)12-10-20;/h4-12,23H,3,13-19H2,1-2H3,(H2,25,26,27);1H. The normalized spacial score (nSPS) is 15.4. The fraction of sp³-hybridized carbons (Fsp3) is 0.458. The van der Waals surface area contributed by atoms with Crippen LogP contribution in [0.3, 0.4) is 0 Å². The quantitative estimate of drug-likeness (QED) is 0.203. The number of nitrogens with one attached hydrogen (secondary N) is 2. The third kappa shape index (κ3) is 8.48. The average Bonchev–Trinajstić information content (AvgIpc) is 2.83. The van der Waals surface area contributed by atoms with Crippen molar-refractivity contribution in [2.24, 2.45) is 4.99 Å². The van der Waals surface area contributed by atoms with E-state index in [0.29, 0.717) is 19.7 Å². The number of morpholine rings is 1. The summed E-state index contributed by atoms with van der Waals surface area (Å²) in [5.41, 5.74) is 1.23. The molecule has 0 aromatic heterocycles. The summed E-state index contributed by atoms with van der Waals surface area (Å²) in [4.78, 5) is 7.32. The van der Waals surface area contributed by atoms with Crippen LogP contribution in [-0.4, -0.2) is 70.5 Å². The highest BCUT2D eigenvalue weighted by atomic mass is 127. The van der Waals surface area contributed by atoms with E-state index in [9.17, 15) is 0 Å². The molecule has 1 fully saturated rings. The maximum atomic E-state index is 5.77. The highest BCUT2D eigenvalue weighted by Gasteiger charge is 2.22. The van der Waals surface area contributed by atoms with E-state index in [1.807, 2.05) is 42.5 Å². The maximum Gasteiger partial charge on any atom is 0.191 e. The van der Waals surface area contributed by atoms with Crippen molar-refractivity contribution in [3.05, 3.63) is 60.2 Å². The number of halogens is 1. The number of hydrogen-bond donors (Lipinski definition) is 2. The summed E-state index contributed by atoms with van der Waals surface area (Å²) < 4.78 is 16.6. The van der Waals surface area contributed by atoms with E-state index in [1.165, 1.54) is 5.56 Å². The van der Waals surface area contributed by atoms with Gasteiger partial charge in [-0.15, -0.1) is 24.0 Å². The lowest BCUT2D eigenvalue weighted by Crippen LogP contribution is -2.42. The monoisotopic (exact) mass is 554 g/mol. The van der Waals surface area contributed by atoms with Crippen LogP contribution in [0.25, 0.3) is 0 Å². The van der Waals surface area contributed by atoms with Gasteiger partial charge in [-0.25, -0.2) is 0 Å². The van der Waals surface area contributed by atoms with Gasteiger partial charge in [-0.1, -0.05) is 30.3 Å². The van der Waals surface area contributed by atoms with Crippen LogP contribution >= 0.6 is 24.0 Å². The van der Waals surface area contributed by atoms with Gasteiger partial charge >= 0.3 is 0 Å². The number of hydrogen-bond acceptors (Lipinski definition) is 5. The van der Waals surface area contributed by atoms with Gasteiger partial charge in [0.1, 0.15) is 18.1 Å². The number of methoxy groups -OCH3 is 1. The summed E-state index contributed by atoms with van der Waals surface area (Å²) in [5, 5.41) is 6.70. The summed E-state index contributed by atoms with van der Waals surface area (Å²) >= 11 is 0. The minimum Gasteiger partial charge on any atom is -0.497 e. The molecule has 176 valence electrons. The van der Waals surface area contributed by atoms with Crippen molar-refractivity contribution in [3.63, 3.8) is 0 Å². The van der Waals surface area contributed by atoms with Gasteiger partial charge in [0.15, 0.2) is 5.96 Å². The van der Waals surface area contributed by atoms with Crippen LogP contribution in [0.5, 0.6) is 11.5 Å². The lowest BCUT2D eigenvalue weighted by molar-refractivity contribution is 0.0179. The van der Waals surface area contributed by atoms with E-state index in [2.05, 4.69) is 34.6 Å². The van der Waals surface area contributed by atoms with Crippen molar-refractivity contribution in [2.45, 2.75) is 13.0 Å². The molecule has 2 aromatic carbocycles. The van der Waals surface area contributed by atoms with Gasteiger partial charge < -0.3 is 24.8 Å². The first kappa shape index (κ1) is 26.2. The highest BCUT2D eigenvalue weighted by molar-refractivity contribution is 14.0. The molecule has 32 heavy (non-hydrogen) atoms. The molecular formula is C24H35IN4O3. The minimum atomic E-state index is 0. The first-order valence-corrected chi connectivity index (χ1v) is 11.0. The molecular weight excluding hydrogens is 519 g/mol. The van der Waals surface area contributed by atoms with E-state index in [4.69, 9.17) is 19.2 Å². The zero-order chi connectivity index (χ0) is 21.7. The molecule has 0 bridgehead atoms. The van der Waals surface area contributed by atoms with Crippen molar-refractivity contribution < 1.29 is 14.2 Å². The van der Waals surface area contributed by atoms with Gasteiger partial charge in [0.05, 0.1) is 39.5 Å². The molecule has 1 aliphatic rings. The summed E-state index contributed by atoms with van der Waals surface area (Å²) in [7, 11) is 1.69. The molecule has 0 saturated carbocycles. The second-order valence-corrected chi connectivity index (χ2v) is 7.25. The van der Waals surface area contributed by atoms with Crippen molar-refractivity contribution in [1.82, 2.24) is 15.5 Å². The summed E-state index contributed by atoms with van der Waals surface area (Å²) in [6.45, 7) is 8.09. The number of ether oxygens (including phenoxy) is 3. The number of rotatable bonds is 10. The average molecular weight is 554 g/mol. The SMILES string of the molecule is CCNC(=NCC(c1ccc(OC)cc1)N1CCOCC1)NCCOc1ccccc1.I. The molecule has 1 unspecified atom stereocenters. The molecule has 0 radical (unpaired) electrons. The van der Waals surface area contributed by atoms with Gasteiger partial charge in [0.2, 0.25) is 0 Å². The van der Waals surface area contributed by atoms with Crippen LogP contribution in [0, 0.1) is 0 Å². The molecule has 1 atom stereocenters. The maximum absolute atomic E-state index is 5.77. The predicted octanol–water partition coefficient (Wildman–Crippen LogP) is 3.32. The Balaban J connectivity index is 0.00000363. The van der Waals surface area contributed by atoms with Crippen LogP contribution in [0.1, 0.15) is 18.5 Å². The molecule has 1 aliphatic heterocycles. The van der Waals surface area contributed by atoms with E-state index in [-0.39, 0.29) is 30.0 Å². The van der Waals surface area contributed by atoms with Crippen LogP contribution in [-0.2, 0) is 4.74 Å². The molecule has 2 aromatic rings. The van der Waals surface area contributed by atoms with Crippen LogP contribution in [0.4, 0.5) is 0 Å². The third-order valence-corrected chi connectivity index (χ3v) is 5.16. The highest BCUT2D eigenvalue weighted by Crippen LogP contribution is 2.24. The second-order valence-electron chi connectivity index (χ2n) is 7.25. The van der Waals surface area contributed by atoms with Crippen LogP contribution in [0.2, 0.25) is 0 Å². The largest absolute Gasteiger partial charge is 0.497 e. The van der Waals surface area contributed by atoms with Crippen molar-refractivity contribution in [2.75, 3.05) is 59.7 Å². The Morgan fingerprint density at radius 2 is 1.75 bits per heavy atom. The van der Waals surface area contributed by atoms with E-state index in [0.717, 1.165) is 50.3 Å². The Morgan fingerprint density at radius 1 is 1.03 bits per heavy atom. The first-order valence-electron chi connectivity index (χ1n) is 11.0. The molecule has 0 amide bonds. The number of para-hydroxylation sites is 1. The molecule has 8 heteroatoms. The minimum absolute atomic E-state index is 0. The smallest absolute Gasteiger partial charge is 0.191 e. The van der Waals surface area contributed by atoms with Crippen LogP contribution < -0.4 is 20.1 Å². The number of benzene rings is 2. The van der Waals surface area contributed by atoms with E-state index >= 15 is 0 Å². The van der Waals surface area contributed by atoms with E-state index in [1.54, 1.807) is 7.11 Å². The van der Waals surface area contributed by atoms with Crippen molar-refractivity contribution >= 4 is 29.9 Å². The Kier molecular flexibility index (Phi) is 12.2. The summed E-state index contributed by atoms with van der Waals surface area (Å²) in [5.74, 6) is 2.53. The van der Waals surface area contributed by atoms with Gasteiger partial charge in [-0.3, -0.25) is 9.89 Å². The van der Waals surface area contributed by atoms with Gasteiger partial charge in [-0.2, -0.15) is 0 Å². The Labute approximate surface area is 208 Å². The Hall–Kier alpha value is -2.04. The van der Waals surface area contributed by atoms with Gasteiger partial charge in [0.25, 0.3) is 0 Å². The summed E-state index contributed by atoms with van der Waals surface area (Å²) in [6, 6.07) is 18.3. The van der Waals surface area contributed by atoms with Crippen molar-refractivity contribution in [1.29, 1.82) is 0 Å². The van der Waals surface area contributed by atoms with Gasteiger partial charge in [0, 0.05) is 19.6 Å². The first-order chi connectivity index (χ1) is 15.3. The molecule has 0 spiro atoms. The summed E-state index contributed by atoms with van der Waals surface area (Å²) in [6.07, 6.45) is 0. The Morgan fingerprint density at radius 3 is 2.41 bits per heavy atom. The second kappa shape index (κ2) is 14.9. The predicted molar refractivity (Wildman–Crippen MR) is 139 cm³/mol. The number of guanidine groups is 1. The van der Waals surface area contributed by atoms with Crippen LogP contribution in [0.15, 0.2) is 59.6 Å². The third-order valence-electron chi connectivity index (χ3n) is 5.16. The fourth-order valence-electron chi connectivity index (χ4n) is 3.52. The zero-order valence-electron chi connectivity index (χ0n) is 19.0. The molecule has 0 aliphatic carbocycles. The molecule has 1 saturated heterocycles. The zero-order valence-corrected chi connectivity index (χ0v) is 21.3. The number of aliphatic imine (C=N–C) groups is 1. The number of nitrogens with zero attached hydrogens (tertiary/aromatic N) is 2. The molecule has 3 rings (SSSR count). The van der Waals surface area contributed by atoms with Gasteiger partial charge in [-0.05, 0) is 36.8 Å².